The minimum absolute atomic E-state index is 0.357. The number of thiazole rings is 1. The van der Waals surface area contributed by atoms with Gasteiger partial charge in [0, 0.05) is 16.7 Å². The number of benzene rings is 3. The van der Waals surface area contributed by atoms with Gasteiger partial charge >= 0.3 is 0 Å². The van der Waals surface area contributed by atoms with E-state index in [-0.39, 0.29) is 0 Å². The minimum Gasteiger partial charge on any atom is -0.306 e. The average molecular weight is 520 g/mol. The third-order valence-electron chi connectivity index (χ3n) is 4.65. The average Bonchev–Trinajstić information content (AvgIpc) is 3.15. The highest BCUT2D eigenvalue weighted by Gasteiger charge is 2.21. The molecule has 1 aromatic heterocycles. The highest BCUT2D eigenvalue weighted by atomic mass is 35.5. The maximum Gasteiger partial charge on any atom is 0.217 e. The van der Waals surface area contributed by atoms with Gasteiger partial charge in [-0.3, -0.25) is 4.57 Å². The molecule has 8 heteroatoms. The number of nitrogens with one attached hydrogen (secondary N) is 1. The van der Waals surface area contributed by atoms with Crippen molar-refractivity contribution in [2.24, 2.45) is 0 Å². The number of fused-ring (bicyclic) bond motifs is 1. The van der Waals surface area contributed by atoms with Gasteiger partial charge in [-0.25, -0.2) is 4.98 Å². The van der Waals surface area contributed by atoms with E-state index < -0.39 is 7.29 Å². The lowest BCUT2D eigenvalue weighted by Gasteiger charge is -2.13. The van der Waals surface area contributed by atoms with E-state index in [9.17, 15) is 4.57 Å². The van der Waals surface area contributed by atoms with Crippen LogP contribution >= 0.6 is 53.4 Å². The van der Waals surface area contributed by atoms with E-state index in [0.717, 1.165) is 26.9 Å². The second-order valence-corrected chi connectivity index (χ2v) is 11.5. The number of anilines is 1. The SMILES string of the molecule is Cc1cc2sc(NP(=O)(/C=C(\Cl)c3ccccc3)/C=C(/Cl)c3ccccc3)nc2cc1Cl. The second kappa shape index (κ2) is 9.82. The standard InChI is InChI=1S/C24H18Cl3N2OPS/c1-16-12-23-22(13-19(16)25)28-24(32-23)29-31(30,14-20(26)17-8-4-2-5-9-17)15-21(27)18-10-6-3-7-11-18/h2-15H,1H3,(H,28,29,30)/b20-14-,21-15+. The molecule has 162 valence electrons. The summed E-state index contributed by atoms with van der Waals surface area (Å²) < 4.78 is 15.0. The molecule has 32 heavy (non-hydrogen) atoms. The molecule has 4 aromatic rings. The normalized spacial score (nSPS) is 14.4. The van der Waals surface area contributed by atoms with Crippen LogP contribution in [0.4, 0.5) is 5.13 Å². The summed E-state index contributed by atoms with van der Waals surface area (Å²) in [7, 11) is -3.39. The van der Waals surface area contributed by atoms with Gasteiger partial charge in [-0.15, -0.1) is 0 Å². The molecule has 0 aliphatic carbocycles. The Labute approximate surface area is 205 Å². The van der Waals surface area contributed by atoms with Crippen LogP contribution in [-0.2, 0) is 4.57 Å². The van der Waals surface area contributed by atoms with Crippen molar-refractivity contribution in [3.63, 3.8) is 0 Å². The zero-order valence-electron chi connectivity index (χ0n) is 16.9. The van der Waals surface area contributed by atoms with Crippen LogP contribution in [0, 0.1) is 6.92 Å². The maximum atomic E-state index is 14.1. The van der Waals surface area contributed by atoms with E-state index in [0.29, 0.717) is 20.2 Å². The van der Waals surface area contributed by atoms with Gasteiger partial charge in [-0.05, 0) is 35.7 Å². The van der Waals surface area contributed by atoms with E-state index in [1.807, 2.05) is 73.7 Å². The summed E-state index contributed by atoms with van der Waals surface area (Å²) in [5.41, 5.74) is 3.20. The van der Waals surface area contributed by atoms with Crippen LogP contribution in [0.1, 0.15) is 16.7 Å². The first-order valence-corrected chi connectivity index (χ1v) is 13.4. The molecule has 1 heterocycles. The van der Waals surface area contributed by atoms with Crippen molar-refractivity contribution in [2.75, 3.05) is 5.09 Å². The van der Waals surface area contributed by atoms with Crippen molar-refractivity contribution >= 4 is 78.8 Å². The molecular formula is C24H18Cl3N2OPS. The van der Waals surface area contributed by atoms with E-state index in [1.165, 1.54) is 23.0 Å². The summed E-state index contributed by atoms with van der Waals surface area (Å²) >= 11 is 20.7. The Kier molecular flexibility index (Phi) is 7.09. The lowest BCUT2D eigenvalue weighted by Crippen LogP contribution is -1.93. The Bertz CT molecular complexity index is 1270. The van der Waals surface area contributed by atoms with Crippen molar-refractivity contribution in [1.29, 1.82) is 0 Å². The van der Waals surface area contributed by atoms with Gasteiger partial charge < -0.3 is 5.09 Å². The molecule has 0 fully saturated rings. The molecule has 3 nitrogen and oxygen atoms in total. The Morgan fingerprint density at radius 2 is 1.47 bits per heavy atom. The topological polar surface area (TPSA) is 42.0 Å². The van der Waals surface area contributed by atoms with Crippen LogP contribution < -0.4 is 5.09 Å². The third kappa shape index (κ3) is 5.46. The zero-order valence-corrected chi connectivity index (χ0v) is 20.9. The molecule has 1 unspecified atom stereocenters. The van der Waals surface area contributed by atoms with Crippen molar-refractivity contribution in [3.05, 3.63) is 106 Å². The number of nitrogens with zero attached hydrogens (tertiary/aromatic N) is 1. The minimum atomic E-state index is -3.39. The van der Waals surface area contributed by atoms with Gasteiger partial charge in [0.1, 0.15) is 0 Å². The number of aromatic nitrogens is 1. The van der Waals surface area contributed by atoms with Crippen LogP contribution in [0.15, 0.2) is 84.4 Å². The first-order valence-electron chi connectivity index (χ1n) is 9.65. The molecule has 0 radical (unpaired) electrons. The number of rotatable bonds is 6. The molecule has 1 N–H and O–H groups in total. The molecule has 0 spiro atoms. The molecule has 0 saturated heterocycles. The smallest absolute Gasteiger partial charge is 0.217 e. The van der Waals surface area contributed by atoms with Crippen molar-refractivity contribution in [2.45, 2.75) is 6.92 Å². The van der Waals surface area contributed by atoms with Crippen LogP contribution in [0.3, 0.4) is 0 Å². The van der Waals surface area contributed by atoms with E-state index >= 15 is 0 Å². The number of halogens is 3. The van der Waals surface area contributed by atoms with Crippen LogP contribution in [-0.4, -0.2) is 4.98 Å². The highest BCUT2D eigenvalue weighted by Crippen LogP contribution is 2.54. The zero-order chi connectivity index (χ0) is 22.7. The molecule has 0 amide bonds. The number of aryl methyl sites for hydroxylation is 1. The fourth-order valence-electron chi connectivity index (χ4n) is 3.03. The monoisotopic (exact) mass is 518 g/mol. The number of hydrogen-bond donors (Lipinski definition) is 1. The Balaban J connectivity index is 1.77. The summed E-state index contributed by atoms with van der Waals surface area (Å²) in [5, 5.41) is 4.93. The summed E-state index contributed by atoms with van der Waals surface area (Å²) in [6.45, 7) is 1.93. The van der Waals surface area contributed by atoms with Gasteiger partial charge in [0.25, 0.3) is 0 Å². The fraction of sp³-hybridized carbons (Fsp3) is 0.0417. The summed E-state index contributed by atoms with van der Waals surface area (Å²) in [5.74, 6) is 3.03. The van der Waals surface area contributed by atoms with E-state index in [4.69, 9.17) is 34.8 Å². The lowest BCUT2D eigenvalue weighted by molar-refractivity contribution is 0.589. The van der Waals surface area contributed by atoms with Crippen molar-refractivity contribution in [3.8, 4) is 0 Å². The molecule has 4 rings (SSSR count). The van der Waals surface area contributed by atoms with Gasteiger partial charge in [0.15, 0.2) is 5.13 Å². The van der Waals surface area contributed by atoms with Gasteiger partial charge in [-0.2, -0.15) is 0 Å². The Hall–Kier alpha value is -2.07. The predicted molar refractivity (Wildman–Crippen MR) is 141 cm³/mol. The molecule has 0 saturated carbocycles. The predicted octanol–water partition coefficient (Wildman–Crippen LogP) is 9.42. The second-order valence-electron chi connectivity index (χ2n) is 7.10. The Morgan fingerprint density at radius 1 is 0.938 bits per heavy atom. The third-order valence-corrected chi connectivity index (χ3v) is 8.94. The molecule has 0 aliphatic heterocycles. The highest BCUT2D eigenvalue weighted by molar-refractivity contribution is 7.72. The molecule has 3 aromatic carbocycles. The molecule has 0 bridgehead atoms. The lowest BCUT2D eigenvalue weighted by atomic mass is 10.2. The summed E-state index contributed by atoms with van der Waals surface area (Å²) in [4.78, 5) is 4.57. The van der Waals surface area contributed by atoms with Gasteiger partial charge in [-0.1, -0.05) is 107 Å². The van der Waals surface area contributed by atoms with Crippen LogP contribution in [0.5, 0.6) is 0 Å². The Morgan fingerprint density at radius 3 is 2.00 bits per heavy atom. The molecular weight excluding hydrogens is 502 g/mol. The quantitative estimate of drug-likeness (QED) is 0.258. The van der Waals surface area contributed by atoms with Crippen molar-refractivity contribution in [1.82, 2.24) is 4.98 Å². The fourth-order valence-corrected chi connectivity index (χ4v) is 7.24. The number of hydrogen-bond acceptors (Lipinski definition) is 3. The van der Waals surface area contributed by atoms with Crippen molar-refractivity contribution < 1.29 is 4.57 Å². The van der Waals surface area contributed by atoms with E-state index in [1.54, 1.807) is 6.07 Å². The van der Waals surface area contributed by atoms with Crippen LogP contribution in [0.2, 0.25) is 5.02 Å². The molecule has 1 atom stereocenters. The summed E-state index contributed by atoms with van der Waals surface area (Å²) in [6, 6.07) is 22.5. The first kappa shape index (κ1) is 23.1. The largest absolute Gasteiger partial charge is 0.306 e. The van der Waals surface area contributed by atoms with Crippen LogP contribution in [0.25, 0.3) is 20.3 Å². The van der Waals surface area contributed by atoms with E-state index in [2.05, 4.69) is 10.1 Å². The van der Waals surface area contributed by atoms with Gasteiger partial charge in [0.05, 0.1) is 20.3 Å². The summed E-state index contributed by atoms with van der Waals surface area (Å²) in [6.07, 6.45) is 0. The van der Waals surface area contributed by atoms with Gasteiger partial charge in [0.2, 0.25) is 7.29 Å². The maximum absolute atomic E-state index is 14.1. The first-order chi connectivity index (χ1) is 15.3. The molecule has 0 aliphatic rings.